The molecule has 1 rings (SSSR count). The second-order valence-corrected chi connectivity index (χ2v) is 3.59. The topological polar surface area (TPSA) is 56.3 Å². The van der Waals surface area contributed by atoms with Crippen molar-refractivity contribution in [1.82, 2.24) is 14.5 Å². The summed E-state index contributed by atoms with van der Waals surface area (Å²) in [4.78, 5) is 6.44. The van der Waals surface area contributed by atoms with Gasteiger partial charge in [-0.15, -0.1) is 0 Å². The standard InChI is InChI=1S/C10H20N4O/c1-13(6-8-15-7-3-11)9-10-12-4-5-14(10)2/h4-5H,3,6-9,11H2,1-2H3. The summed E-state index contributed by atoms with van der Waals surface area (Å²) in [5.41, 5.74) is 5.32. The van der Waals surface area contributed by atoms with Gasteiger partial charge < -0.3 is 15.0 Å². The van der Waals surface area contributed by atoms with Gasteiger partial charge in [0.05, 0.1) is 19.8 Å². The average molecular weight is 212 g/mol. The number of aromatic nitrogens is 2. The Labute approximate surface area is 90.8 Å². The fourth-order valence-corrected chi connectivity index (χ4v) is 1.28. The molecule has 5 heteroatoms. The lowest BCUT2D eigenvalue weighted by atomic mass is 10.5. The lowest BCUT2D eigenvalue weighted by molar-refractivity contribution is 0.114. The molecule has 0 fully saturated rings. The van der Waals surface area contributed by atoms with Crippen molar-refractivity contribution in [3.05, 3.63) is 18.2 Å². The Hall–Kier alpha value is -0.910. The third-order valence-electron chi connectivity index (χ3n) is 2.21. The van der Waals surface area contributed by atoms with Crippen LogP contribution in [-0.2, 0) is 18.3 Å². The summed E-state index contributed by atoms with van der Waals surface area (Å²) in [5, 5.41) is 0. The number of likely N-dealkylation sites (N-methyl/N-ethyl adjacent to an activating group) is 1. The van der Waals surface area contributed by atoms with Gasteiger partial charge in [0.1, 0.15) is 5.82 Å². The predicted molar refractivity (Wildman–Crippen MR) is 59.4 cm³/mol. The normalized spacial score (nSPS) is 11.2. The molecule has 5 nitrogen and oxygen atoms in total. The molecular weight excluding hydrogens is 192 g/mol. The van der Waals surface area contributed by atoms with E-state index in [1.54, 1.807) is 0 Å². The van der Waals surface area contributed by atoms with E-state index >= 15 is 0 Å². The van der Waals surface area contributed by atoms with Gasteiger partial charge in [-0.05, 0) is 7.05 Å². The zero-order valence-corrected chi connectivity index (χ0v) is 9.52. The summed E-state index contributed by atoms with van der Waals surface area (Å²) < 4.78 is 7.33. The second kappa shape index (κ2) is 6.55. The summed E-state index contributed by atoms with van der Waals surface area (Å²) >= 11 is 0. The molecule has 86 valence electrons. The van der Waals surface area contributed by atoms with Gasteiger partial charge >= 0.3 is 0 Å². The molecule has 0 spiro atoms. The van der Waals surface area contributed by atoms with Crippen LogP contribution in [0.5, 0.6) is 0 Å². The Bertz CT molecular complexity index is 274. The minimum atomic E-state index is 0.586. The van der Waals surface area contributed by atoms with Gasteiger partial charge in [0, 0.05) is 32.5 Å². The van der Waals surface area contributed by atoms with Crippen LogP contribution in [0.15, 0.2) is 12.4 Å². The molecule has 1 aromatic heterocycles. The lowest BCUT2D eigenvalue weighted by Gasteiger charge is -2.15. The summed E-state index contributed by atoms with van der Waals surface area (Å²) in [6.45, 7) is 3.68. The number of nitrogens with zero attached hydrogens (tertiary/aromatic N) is 3. The molecular formula is C10H20N4O. The predicted octanol–water partition coefficient (Wildman–Crippen LogP) is -0.173. The third kappa shape index (κ3) is 4.42. The monoisotopic (exact) mass is 212 g/mol. The van der Waals surface area contributed by atoms with Crippen molar-refractivity contribution < 1.29 is 4.74 Å². The molecule has 0 saturated heterocycles. The highest BCUT2D eigenvalue weighted by molar-refractivity contribution is 4.90. The zero-order valence-electron chi connectivity index (χ0n) is 9.52. The van der Waals surface area contributed by atoms with Gasteiger partial charge in [-0.2, -0.15) is 0 Å². The van der Waals surface area contributed by atoms with Crippen molar-refractivity contribution in [2.24, 2.45) is 12.8 Å². The Kier molecular flexibility index (Phi) is 5.31. The smallest absolute Gasteiger partial charge is 0.122 e. The highest BCUT2D eigenvalue weighted by Gasteiger charge is 2.03. The Morgan fingerprint density at radius 3 is 2.93 bits per heavy atom. The largest absolute Gasteiger partial charge is 0.379 e. The molecule has 0 bridgehead atoms. The van der Waals surface area contributed by atoms with Crippen molar-refractivity contribution in [2.75, 3.05) is 33.4 Å². The summed E-state index contributed by atoms with van der Waals surface area (Å²) in [6.07, 6.45) is 3.77. The summed E-state index contributed by atoms with van der Waals surface area (Å²) in [6, 6.07) is 0. The number of ether oxygens (including phenoxy) is 1. The molecule has 2 N–H and O–H groups in total. The van der Waals surface area contributed by atoms with Crippen LogP contribution >= 0.6 is 0 Å². The minimum absolute atomic E-state index is 0.586. The van der Waals surface area contributed by atoms with Crippen LogP contribution in [-0.4, -0.2) is 47.8 Å². The fourth-order valence-electron chi connectivity index (χ4n) is 1.28. The van der Waals surface area contributed by atoms with Crippen LogP contribution in [0.4, 0.5) is 0 Å². The highest BCUT2D eigenvalue weighted by atomic mass is 16.5. The number of aryl methyl sites for hydroxylation is 1. The first-order chi connectivity index (χ1) is 7.24. The van der Waals surface area contributed by atoms with E-state index in [4.69, 9.17) is 10.5 Å². The Morgan fingerprint density at radius 2 is 2.33 bits per heavy atom. The molecule has 0 atom stereocenters. The molecule has 0 aliphatic rings. The number of rotatable bonds is 7. The van der Waals surface area contributed by atoms with Crippen LogP contribution in [0, 0.1) is 0 Å². The van der Waals surface area contributed by atoms with Crippen LogP contribution in [0.2, 0.25) is 0 Å². The minimum Gasteiger partial charge on any atom is -0.379 e. The van der Waals surface area contributed by atoms with Crippen molar-refractivity contribution in [2.45, 2.75) is 6.54 Å². The molecule has 0 aromatic carbocycles. The molecule has 0 amide bonds. The lowest BCUT2D eigenvalue weighted by Crippen LogP contribution is -2.25. The van der Waals surface area contributed by atoms with Gasteiger partial charge in [0.25, 0.3) is 0 Å². The van der Waals surface area contributed by atoms with E-state index < -0.39 is 0 Å². The molecule has 1 heterocycles. The van der Waals surface area contributed by atoms with Gasteiger partial charge in [0.2, 0.25) is 0 Å². The summed E-state index contributed by atoms with van der Waals surface area (Å²) in [7, 11) is 4.06. The van der Waals surface area contributed by atoms with E-state index in [9.17, 15) is 0 Å². The van der Waals surface area contributed by atoms with Crippen molar-refractivity contribution >= 4 is 0 Å². The molecule has 0 saturated carbocycles. The molecule has 1 aromatic rings. The first-order valence-corrected chi connectivity index (χ1v) is 5.16. The van der Waals surface area contributed by atoms with Crippen LogP contribution in [0.1, 0.15) is 5.82 Å². The van der Waals surface area contributed by atoms with E-state index in [1.165, 1.54) is 0 Å². The number of hydrogen-bond donors (Lipinski definition) is 1. The average Bonchev–Trinajstić information content (AvgIpc) is 2.59. The maximum Gasteiger partial charge on any atom is 0.122 e. The van der Waals surface area contributed by atoms with Gasteiger partial charge in [-0.3, -0.25) is 4.90 Å². The van der Waals surface area contributed by atoms with Gasteiger partial charge in [0.15, 0.2) is 0 Å². The number of hydrogen-bond acceptors (Lipinski definition) is 4. The number of imidazole rings is 1. The van der Waals surface area contributed by atoms with E-state index in [0.29, 0.717) is 13.2 Å². The van der Waals surface area contributed by atoms with E-state index in [1.807, 2.05) is 24.0 Å². The Morgan fingerprint density at radius 1 is 1.53 bits per heavy atom. The van der Waals surface area contributed by atoms with Crippen LogP contribution in [0.3, 0.4) is 0 Å². The van der Waals surface area contributed by atoms with Crippen molar-refractivity contribution in [3.8, 4) is 0 Å². The molecule has 0 unspecified atom stereocenters. The molecule has 15 heavy (non-hydrogen) atoms. The van der Waals surface area contributed by atoms with Crippen molar-refractivity contribution in [3.63, 3.8) is 0 Å². The first-order valence-electron chi connectivity index (χ1n) is 5.16. The molecule has 0 aliphatic carbocycles. The van der Waals surface area contributed by atoms with Crippen molar-refractivity contribution in [1.29, 1.82) is 0 Å². The quantitative estimate of drug-likeness (QED) is 0.637. The SMILES string of the molecule is CN(CCOCCN)Cc1nccn1C. The van der Waals surface area contributed by atoms with Gasteiger partial charge in [-0.1, -0.05) is 0 Å². The number of nitrogens with two attached hydrogens (primary N) is 1. The second-order valence-electron chi connectivity index (χ2n) is 3.59. The highest BCUT2D eigenvalue weighted by Crippen LogP contribution is 1.98. The van der Waals surface area contributed by atoms with Gasteiger partial charge in [-0.25, -0.2) is 4.98 Å². The van der Waals surface area contributed by atoms with E-state index in [0.717, 1.165) is 25.5 Å². The van der Waals surface area contributed by atoms with Crippen LogP contribution in [0.25, 0.3) is 0 Å². The maximum atomic E-state index is 5.32. The van der Waals surface area contributed by atoms with E-state index in [2.05, 4.69) is 16.9 Å². The third-order valence-corrected chi connectivity index (χ3v) is 2.21. The molecule has 0 radical (unpaired) electrons. The zero-order chi connectivity index (χ0) is 11.1. The van der Waals surface area contributed by atoms with Crippen LogP contribution < -0.4 is 5.73 Å². The maximum absolute atomic E-state index is 5.32. The Balaban J connectivity index is 2.18. The summed E-state index contributed by atoms with van der Waals surface area (Å²) in [5.74, 6) is 1.07. The van der Waals surface area contributed by atoms with E-state index in [-0.39, 0.29) is 0 Å². The molecule has 0 aliphatic heterocycles. The first kappa shape index (κ1) is 12.2. The fraction of sp³-hybridized carbons (Fsp3) is 0.700.